The van der Waals surface area contributed by atoms with Crippen molar-refractivity contribution >= 4 is 16.9 Å². The molecule has 3 aromatic rings. The van der Waals surface area contributed by atoms with E-state index >= 15 is 0 Å². The summed E-state index contributed by atoms with van der Waals surface area (Å²) in [6, 6.07) is 7.88. The van der Waals surface area contributed by atoms with Gasteiger partial charge in [0, 0.05) is 14.2 Å². The Hall–Kier alpha value is -2.67. The highest BCUT2D eigenvalue weighted by Crippen LogP contribution is 2.27. The Morgan fingerprint density at radius 2 is 1.84 bits per heavy atom. The van der Waals surface area contributed by atoms with Crippen LogP contribution in [0.25, 0.3) is 11.0 Å². The molecule has 7 nitrogen and oxygen atoms in total. The van der Waals surface area contributed by atoms with Crippen LogP contribution in [0, 0.1) is 6.92 Å². The van der Waals surface area contributed by atoms with Crippen molar-refractivity contribution in [2.75, 3.05) is 19.5 Å². The number of hydrogen-bond acceptors (Lipinski definition) is 6. The Morgan fingerprint density at radius 1 is 1.12 bits per heavy atom. The van der Waals surface area contributed by atoms with E-state index in [9.17, 15) is 0 Å². The topological polar surface area (TPSA) is 74.1 Å². The van der Waals surface area contributed by atoms with Crippen LogP contribution in [-0.4, -0.2) is 40.0 Å². The molecule has 132 valence electrons. The zero-order valence-corrected chi connectivity index (χ0v) is 15.1. The summed E-state index contributed by atoms with van der Waals surface area (Å²) < 4.78 is 12.7. The number of hydrogen-bond donors (Lipinski definition) is 1. The minimum Gasteiger partial charge on any atom is -0.497 e. The monoisotopic (exact) mass is 341 g/mol. The number of fused-ring (bicyclic) bond motifs is 1. The number of benzene rings is 1. The summed E-state index contributed by atoms with van der Waals surface area (Å²) in [5.74, 6) is 2.28. The quantitative estimate of drug-likeness (QED) is 0.743. The van der Waals surface area contributed by atoms with E-state index in [0.717, 1.165) is 28.2 Å². The zero-order chi connectivity index (χ0) is 18.0. The number of aromatic nitrogens is 4. The summed E-state index contributed by atoms with van der Waals surface area (Å²) in [7, 11) is 5.23. The summed E-state index contributed by atoms with van der Waals surface area (Å²) in [6.07, 6.45) is 1.65. The van der Waals surface area contributed by atoms with Crippen LogP contribution >= 0.6 is 0 Å². The molecule has 0 spiro atoms. The van der Waals surface area contributed by atoms with Crippen molar-refractivity contribution < 1.29 is 9.47 Å². The fourth-order valence-corrected chi connectivity index (χ4v) is 2.95. The molecule has 2 heterocycles. The maximum absolute atomic E-state index is 5.72. The minimum absolute atomic E-state index is 0.00361. The Balaban J connectivity index is 1.88. The van der Waals surface area contributed by atoms with Crippen molar-refractivity contribution in [3.63, 3.8) is 0 Å². The second-order valence-electron chi connectivity index (χ2n) is 5.99. The number of ether oxygens (including phenoxy) is 2. The van der Waals surface area contributed by atoms with Gasteiger partial charge in [-0.05, 0) is 31.5 Å². The molecule has 0 aliphatic carbocycles. The van der Waals surface area contributed by atoms with Gasteiger partial charge in [0.25, 0.3) is 0 Å². The molecular formula is C18H23N5O2. The Morgan fingerprint density at radius 3 is 2.48 bits per heavy atom. The van der Waals surface area contributed by atoms with Crippen LogP contribution in [0.5, 0.6) is 5.75 Å². The minimum atomic E-state index is -0.132. The lowest BCUT2D eigenvalue weighted by atomic mass is 10.0. The zero-order valence-electron chi connectivity index (χ0n) is 15.1. The number of methoxy groups -OCH3 is 2. The Labute approximate surface area is 147 Å². The van der Waals surface area contributed by atoms with E-state index in [1.807, 2.05) is 38.2 Å². The molecule has 0 aliphatic heterocycles. The maximum Gasteiger partial charge on any atom is 0.163 e. The van der Waals surface area contributed by atoms with Crippen LogP contribution in [0.4, 0.5) is 5.82 Å². The van der Waals surface area contributed by atoms with Crippen molar-refractivity contribution in [3.05, 3.63) is 41.9 Å². The first-order chi connectivity index (χ1) is 12.0. The number of nitrogens with one attached hydrogen (secondary N) is 1. The van der Waals surface area contributed by atoms with Crippen LogP contribution in [0.2, 0.25) is 0 Å². The normalized spacial score (nSPS) is 13.6. The highest BCUT2D eigenvalue weighted by molar-refractivity contribution is 5.86. The summed E-state index contributed by atoms with van der Waals surface area (Å²) in [6.45, 7) is 3.94. The van der Waals surface area contributed by atoms with Gasteiger partial charge in [-0.1, -0.05) is 12.1 Å². The van der Waals surface area contributed by atoms with Gasteiger partial charge in [0.2, 0.25) is 0 Å². The smallest absolute Gasteiger partial charge is 0.163 e. The third-order valence-corrected chi connectivity index (χ3v) is 4.22. The van der Waals surface area contributed by atoms with Crippen LogP contribution < -0.4 is 10.1 Å². The predicted octanol–water partition coefficient (Wildman–Crippen LogP) is 2.87. The van der Waals surface area contributed by atoms with Gasteiger partial charge in [-0.25, -0.2) is 9.97 Å². The van der Waals surface area contributed by atoms with E-state index in [0.29, 0.717) is 5.82 Å². The SMILES string of the molecule is COc1ccc([C@@H](OC)[C@H](C)Nc2nc(C)nc3c2cnn3C)cc1. The van der Waals surface area contributed by atoms with Crippen LogP contribution in [0.1, 0.15) is 24.4 Å². The molecule has 1 aromatic carbocycles. The van der Waals surface area contributed by atoms with Gasteiger partial charge in [0.05, 0.1) is 24.7 Å². The first-order valence-corrected chi connectivity index (χ1v) is 8.13. The number of rotatable bonds is 6. The Bertz CT molecular complexity index is 860. The number of anilines is 1. The van der Waals surface area contributed by atoms with Crippen molar-refractivity contribution in [1.29, 1.82) is 0 Å². The summed E-state index contributed by atoms with van der Waals surface area (Å²) in [4.78, 5) is 8.99. The molecule has 0 saturated carbocycles. The Kier molecular flexibility index (Phi) is 4.85. The summed E-state index contributed by atoms with van der Waals surface area (Å²) >= 11 is 0. The van der Waals surface area contributed by atoms with E-state index in [1.165, 1.54) is 0 Å². The molecular weight excluding hydrogens is 318 g/mol. The lowest BCUT2D eigenvalue weighted by Crippen LogP contribution is -2.26. The average Bonchev–Trinajstić information content (AvgIpc) is 2.97. The standard InChI is InChI=1S/C18H23N5O2/c1-11(16(25-5)13-6-8-14(24-4)9-7-13)20-17-15-10-19-23(3)18(15)22-12(2)21-17/h6-11,16H,1-5H3,(H,20,21,22)/t11-,16-/m0/s1. The van der Waals surface area contributed by atoms with E-state index < -0.39 is 0 Å². The molecule has 0 aliphatic rings. The lowest BCUT2D eigenvalue weighted by Gasteiger charge is -2.25. The van der Waals surface area contributed by atoms with Gasteiger partial charge in [0.1, 0.15) is 23.5 Å². The van der Waals surface area contributed by atoms with Crippen molar-refractivity contribution in [1.82, 2.24) is 19.7 Å². The highest BCUT2D eigenvalue weighted by Gasteiger charge is 2.21. The van der Waals surface area contributed by atoms with Gasteiger partial charge in [0.15, 0.2) is 5.65 Å². The highest BCUT2D eigenvalue weighted by atomic mass is 16.5. The average molecular weight is 341 g/mol. The molecule has 0 bridgehead atoms. The first kappa shape index (κ1) is 17.2. The summed E-state index contributed by atoms with van der Waals surface area (Å²) in [5.41, 5.74) is 1.87. The van der Waals surface area contributed by atoms with Gasteiger partial charge in [-0.2, -0.15) is 5.10 Å². The van der Waals surface area contributed by atoms with Crippen LogP contribution in [-0.2, 0) is 11.8 Å². The van der Waals surface area contributed by atoms with Crippen LogP contribution in [0.15, 0.2) is 30.5 Å². The first-order valence-electron chi connectivity index (χ1n) is 8.13. The molecule has 0 unspecified atom stereocenters. The second-order valence-corrected chi connectivity index (χ2v) is 5.99. The third kappa shape index (κ3) is 3.41. The largest absolute Gasteiger partial charge is 0.497 e. The van der Waals surface area contributed by atoms with E-state index in [-0.39, 0.29) is 12.1 Å². The van der Waals surface area contributed by atoms with E-state index in [1.54, 1.807) is 25.1 Å². The third-order valence-electron chi connectivity index (χ3n) is 4.22. The van der Waals surface area contributed by atoms with Gasteiger partial charge < -0.3 is 14.8 Å². The molecule has 0 amide bonds. The second kappa shape index (κ2) is 7.06. The molecule has 7 heteroatoms. The van der Waals surface area contributed by atoms with Gasteiger partial charge in [-0.15, -0.1) is 0 Å². The molecule has 0 radical (unpaired) electrons. The fourth-order valence-electron chi connectivity index (χ4n) is 2.95. The fraction of sp³-hybridized carbons (Fsp3) is 0.389. The molecule has 1 N–H and O–H groups in total. The molecule has 0 saturated heterocycles. The van der Waals surface area contributed by atoms with Gasteiger partial charge in [-0.3, -0.25) is 4.68 Å². The lowest BCUT2D eigenvalue weighted by molar-refractivity contribution is 0.0906. The summed E-state index contributed by atoms with van der Waals surface area (Å²) in [5, 5.41) is 8.63. The van der Waals surface area contributed by atoms with Crippen molar-refractivity contribution in [3.8, 4) is 5.75 Å². The molecule has 3 rings (SSSR count). The number of aryl methyl sites for hydroxylation is 2. The van der Waals surface area contributed by atoms with Crippen molar-refractivity contribution in [2.24, 2.45) is 7.05 Å². The molecule has 2 atom stereocenters. The number of nitrogens with zero attached hydrogens (tertiary/aromatic N) is 4. The van der Waals surface area contributed by atoms with Gasteiger partial charge >= 0.3 is 0 Å². The predicted molar refractivity (Wildman–Crippen MR) is 96.9 cm³/mol. The maximum atomic E-state index is 5.72. The molecule has 2 aromatic heterocycles. The molecule has 25 heavy (non-hydrogen) atoms. The van der Waals surface area contributed by atoms with E-state index in [2.05, 4.69) is 27.3 Å². The van der Waals surface area contributed by atoms with Crippen LogP contribution in [0.3, 0.4) is 0 Å². The van der Waals surface area contributed by atoms with E-state index in [4.69, 9.17) is 9.47 Å². The molecule has 0 fully saturated rings. The van der Waals surface area contributed by atoms with Crippen molar-refractivity contribution in [2.45, 2.75) is 26.0 Å².